The van der Waals surface area contributed by atoms with E-state index in [1.54, 1.807) is 17.0 Å². The lowest BCUT2D eigenvalue weighted by Gasteiger charge is -2.20. The summed E-state index contributed by atoms with van der Waals surface area (Å²) in [6.45, 7) is 4.11. The Kier molecular flexibility index (Phi) is 6.33. The molecule has 4 rings (SSSR count). The monoisotopic (exact) mass is 430 g/mol. The van der Waals surface area contributed by atoms with Gasteiger partial charge in [-0.25, -0.2) is 9.38 Å². The predicted molar refractivity (Wildman–Crippen MR) is 128 cm³/mol. The molecule has 0 spiro atoms. The van der Waals surface area contributed by atoms with E-state index in [0.29, 0.717) is 16.6 Å². The molecular formula is C26H23FN2OS. The van der Waals surface area contributed by atoms with Crippen molar-refractivity contribution >= 4 is 34.6 Å². The molecule has 1 aliphatic rings. The molecule has 156 valence electrons. The van der Waals surface area contributed by atoms with Gasteiger partial charge in [0.05, 0.1) is 5.69 Å². The maximum Gasteiger partial charge on any atom is 0.283 e. The molecule has 0 N–H and O–H groups in total. The van der Waals surface area contributed by atoms with E-state index in [4.69, 9.17) is 4.99 Å². The molecule has 0 radical (unpaired) electrons. The number of carbonyl (C=O) groups is 1. The Morgan fingerprint density at radius 3 is 2.42 bits per heavy atom. The largest absolute Gasteiger partial charge is 0.283 e. The highest BCUT2D eigenvalue weighted by atomic mass is 32.2. The third kappa shape index (κ3) is 4.78. The number of thioether (sulfide) groups is 1. The lowest BCUT2D eigenvalue weighted by molar-refractivity contribution is -0.113. The average Bonchev–Trinajstić information content (AvgIpc) is 3.09. The lowest BCUT2D eigenvalue weighted by atomic mass is 10.1. The molecule has 0 bridgehead atoms. The second-order valence-electron chi connectivity index (χ2n) is 7.37. The van der Waals surface area contributed by atoms with Crippen molar-refractivity contribution in [1.82, 2.24) is 0 Å². The van der Waals surface area contributed by atoms with Gasteiger partial charge in [-0.1, -0.05) is 78.8 Å². The fourth-order valence-electron chi connectivity index (χ4n) is 3.38. The van der Waals surface area contributed by atoms with Gasteiger partial charge in [-0.2, -0.15) is 0 Å². The zero-order valence-corrected chi connectivity index (χ0v) is 18.3. The van der Waals surface area contributed by atoms with Crippen LogP contribution in [-0.2, 0) is 17.0 Å². The molecule has 0 aliphatic carbocycles. The first-order valence-corrected chi connectivity index (χ1v) is 11.2. The van der Waals surface area contributed by atoms with Crippen LogP contribution in [0.3, 0.4) is 0 Å². The van der Waals surface area contributed by atoms with Gasteiger partial charge in [0.25, 0.3) is 5.91 Å². The normalized spacial score (nSPS) is 14.9. The molecule has 5 heteroatoms. The van der Waals surface area contributed by atoms with Gasteiger partial charge in [0, 0.05) is 5.75 Å². The van der Waals surface area contributed by atoms with Gasteiger partial charge in [0.1, 0.15) is 11.5 Å². The number of nitrogens with zero attached hydrogens (tertiary/aromatic N) is 2. The standard InChI is InChI=1S/C26H23FN2OS/c1-3-21-6-4-5-7-24(21)29-25(30)23(16-19-10-8-18(2)9-11-19)28-26(29)31-17-20-12-14-22(27)15-13-20/h4-16H,3,17H2,1-2H3/b23-16-. The Morgan fingerprint density at radius 2 is 1.71 bits per heavy atom. The molecule has 0 fully saturated rings. The Morgan fingerprint density at radius 1 is 1.00 bits per heavy atom. The highest BCUT2D eigenvalue weighted by Crippen LogP contribution is 2.33. The molecule has 0 aromatic heterocycles. The van der Waals surface area contributed by atoms with Gasteiger partial charge >= 0.3 is 0 Å². The number of halogens is 1. The van der Waals surface area contributed by atoms with E-state index in [1.807, 2.05) is 61.5 Å². The highest BCUT2D eigenvalue weighted by Gasteiger charge is 2.33. The van der Waals surface area contributed by atoms with Gasteiger partial charge in [0.2, 0.25) is 0 Å². The number of hydrogen-bond donors (Lipinski definition) is 0. The van der Waals surface area contributed by atoms with Crippen molar-refractivity contribution in [2.75, 3.05) is 4.90 Å². The number of aliphatic imine (C=N–C) groups is 1. The molecule has 3 aromatic rings. The topological polar surface area (TPSA) is 32.7 Å². The second kappa shape index (κ2) is 9.31. The molecule has 1 aliphatic heterocycles. The number of anilines is 1. The maximum atomic E-state index is 13.4. The van der Waals surface area contributed by atoms with Crippen LogP contribution in [0.5, 0.6) is 0 Å². The van der Waals surface area contributed by atoms with Crippen LogP contribution in [0.25, 0.3) is 6.08 Å². The first-order chi connectivity index (χ1) is 15.0. The van der Waals surface area contributed by atoms with E-state index in [2.05, 4.69) is 6.92 Å². The average molecular weight is 431 g/mol. The number of aryl methyl sites for hydroxylation is 2. The number of benzene rings is 3. The second-order valence-corrected chi connectivity index (χ2v) is 8.32. The van der Waals surface area contributed by atoms with Crippen LogP contribution in [0.4, 0.5) is 10.1 Å². The van der Waals surface area contributed by atoms with Crippen molar-refractivity contribution in [1.29, 1.82) is 0 Å². The van der Waals surface area contributed by atoms with E-state index in [1.165, 1.54) is 23.9 Å². The van der Waals surface area contributed by atoms with Crippen molar-refractivity contribution in [2.45, 2.75) is 26.0 Å². The van der Waals surface area contributed by atoms with Crippen LogP contribution < -0.4 is 4.90 Å². The Hall–Kier alpha value is -3.18. The molecule has 0 saturated carbocycles. The lowest BCUT2D eigenvalue weighted by Crippen LogP contribution is -2.31. The summed E-state index contributed by atoms with van der Waals surface area (Å²) in [5.74, 6) is 0.196. The first-order valence-electron chi connectivity index (χ1n) is 10.2. The summed E-state index contributed by atoms with van der Waals surface area (Å²) in [7, 11) is 0. The molecule has 0 atom stereocenters. The zero-order valence-electron chi connectivity index (χ0n) is 17.5. The van der Waals surface area contributed by atoms with E-state index in [-0.39, 0.29) is 11.7 Å². The van der Waals surface area contributed by atoms with Crippen molar-refractivity contribution in [3.8, 4) is 0 Å². The fourth-order valence-corrected chi connectivity index (χ4v) is 4.34. The van der Waals surface area contributed by atoms with Crippen LogP contribution in [0.1, 0.15) is 29.2 Å². The number of para-hydroxylation sites is 1. The molecule has 0 saturated heterocycles. The minimum Gasteiger partial charge on any atom is -0.266 e. The van der Waals surface area contributed by atoms with Crippen molar-refractivity contribution in [2.24, 2.45) is 4.99 Å². The van der Waals surface area contributed by atoms with E-state index < -0.39 is 0 Å². The molecule has 1 amide bonds. The summed E-state index contributed by atoms with van der Waals surface area (Å²) in [5.41, 5.74) is 5.43. The number of hydrogen-bond acceptors (Lipinski definition) is 3. The molecule has 1 heterocycles. The van der Waals surface area contributed by atoms with E-state index >= 15 is 0 Å². The minimum absolute atomic E-state index is 0.136. The summed E-state index contributed by atoms with van der Waals surface area (Å²) in [4.78, 5) is 19.8. The number of rotatable bonds is 5. The highest BCUT2D eigenvalue weighted by molar-refractivity contribution is 8.13. The SMILES string of the molecule is CCc1ccccc1N1C(=O)/C(=C/c2ccc(C)cc2)N=C1SCc1ccc(F)cc1. The molecule has 3 nitrogen and oxygen atoms in total. The number of carbonyl (C=O) groups excluding carboxylic acids is 1. The van der Waals surface area contributed by atoms with Gasteiger partial charge < -0.3 is 0 Å². The Balaban J connectivity index is 1.69. The van der Waals surface area contributed by atoms with E-state index in [0.717, 1.165) is 34.4 Å². The fraction of sp³-hybridized carbons (Fsp3) is 0.154. The Labute approximate surface area is 186 Å². The van der Waals surface area contributed by atoms with Crippen molar-refractivity contribution in [3.63, 3.8) is 0 Å². The molecular weight excluding hydrogens is 407 g/mol. The number of amidine groups is 1. The third-order valence-electron chi connectivity index (χ3n) is 5.10. The van der Waals surface area contributed by atoms with Crippen LogP contribution in [-0.4, -0.2) is 11.1 Å². The smallest absolute Gasteiger partial charge is 0.266 e. The Bertz CT molecular complexity index is 1150. The summed E-state index contributed by atoms with van der Waals surface area (Å²) in [6.07, 6.45) is 2.64. The maximum absolute atomic E-state index is 13.4. The van der Waals surface area contributed by atoms with Crippen LogP contribution in [0.2, 0.25) is 0 Å². The van der Waals surface area contributed by atoms with Crippen LogP contribution in [0, 0.1) is 12.7 Å². The summed E-state index contributed by atoms with van der Waals surface area (Å²) >= 11 is 1.48. The van der Waals surface area contributed by atoms with Gasteiger partial charge in [-0.3, -0.25) is 9.69 Å². The zero-order chi connectivity index (χ0) is 21.8. The van der Waals surface area contributed by atoms with Crippen LogP contribution >= 0.6 is 11.8 Å². The van der Waals surface area contributed by atoms with Gasteiger partial charge in [0.15, 0.2) is 5.17 Å². The quantitative estimate of drug-likeness (QED) is 0.440. The summed E-state index contributed by atoms with van der Waals surface area (Å²) in [5, 5.41) is 0.633. The van der Waals surface area contributed by atoms with Gasteiger partial charge in [-0.05, 0) is 54.3 Å². The van der Waals surface area contributed by atoms with Crippen molar-refractivity contribution in [3.05, 3.63) is 107 Å². The van der Waals surface area contributed by atoms with Crippen LogP contribution in [0.15, 0.2) is 83.5 Å². The molecule has 31 heavy (non-hydrogen) atoms. The van der Waals surface area contributed by atoms with E-state index in [9.17, 15) is 9.18 Å². The number of amides is 1. The van der Waals surface area contributed by atoms with Crippen molar-refractivity contribution < 1.29 is 9.18 Å². The minimum atomic E-state index is -0.260. The molecule has 3 aromatic carbocycles. The summed E-state index contributed by atoms with van der Waals surface area (Å²) < 4.78 is 13.2. The predicted octanol–water partition coefficient (Wildman–Crippen LogP) is 6.37. The third-order valence-corrected chi connectivity index (χ3v) is 6.11. The van der Waals surface area contributed by atoms with Gasteiger partial charge in [-0.15, -0.1) is 0 Å². The summed E-state index contributed by atoms with van der Waals surface area (Å²) in [6, 6.07) is 22.3. The first kappa shape index (κ1) is 21.1. The molecule has 0 unspecified atom stereocenters.